The standard InChI is InChI=1S/C19H28O10/c20-8-12-13(22)14(23)15(24)19(28-12)29-17-11(21)9-27-18(16(17)25)26-7-6-10-4-2-1-3-5-10/h1-5,11-25H,6-9H2/t11-,12-,13+,14+,15-,16-,17+,18-,19+/m1/s1. The highest BCUT2D eigenvalue weighted by Gasteiger charge is 2.48. The molecule has 6 N–H and O–H groups in total. The summed E-state index contributed by atoms with van der Waals surface area (Å²) in [5.74, 6) is 0. The summed E-state index contributed by atoms with van der Waals surface area (Å²) in [6.45, 7) is -0.543. The van der Waals surface area contributed by atoms with E-state index in [-0.39, 0.29) is 13.2 Å². The monoisotopic (exact) mass is 416 g/mol. The van der Waals surface area contributed by atoms with Crippen molar-refractivity contribution in [3.8, 4) is 0 Å². The van der Waals surface area contributed by atoms with E-state index in [9.17, 15) is 30.6 Å². The molecule has 0 bridgehead atoms. The first kappa shape index (κ1) is 22.5. The Morgan fingerprint density at radius 2 is 1.62 bits per heavy atom. The van der Waals surface area contributed by atoms with Crippen molar-refractivity contribution in [2.75, 3.05) is 19.8 Å². The minimum Gasteiger partial charge on any atom is -0.394 e. The molecule has 10 heteroatoms. The van der Waals surface area contributed by atoms with E-state index in [1.165, 1.54) is 0 Å². The molecule has 0 spiro atoms. The molecule has 29 heavy (non-hydrogen) atoms. The molecule has 10 nitrogen and oxygen atoms in total. The zero-order valence-electron chi connectivity index (χ0n) is 15.7. The zero-order valence-corrected chi connectivity index (χ0v) is 15.7. The van der Waals surface area contributed by atoms with E-state index < -0.39 is 61.9 Å². The van der Waals surface area contributed by atoms with Crippen molar-refractivity contribution >= 4 is 0 Å². The molecule has 3 rings (SSSR count). The number of aliphatic hydroxyl groups is 6. The maximum Gasteiger partial charge on any atom is 0.187 e. The third-order valence-corrected chi connectivity index (χ3v) is 5.08. The minimum absolute atomic E-state index is 0.185. The van der Waals surface area contributed by atoms with Gasteiger partial charge in [-0.2, -0.15) is 0 Å². The van der Waals surface area contributed by atoms with Crippen molar-refractivity contribution in [3.05, 3.63) is 35.9 Å². The van der Waals surface area contributed by atoms with Gasteiger partial charge in [-0.05, 0) is 12.0 Å². The van der Waals surface area contributed by atoms with Gasteiger partial charge < -0.3 is 49.6 Å². The molecule has 0 amide bonds. The Labute approximate surface area is 167 Å². The SMILES string of the molecule is OC[C@H]1O[C@@H](O[C@@H]2[C@@H](O)[C@H](OCCc3ccccc3)OC[C@H]2O)[C@H](O)[C@@H](O)[C@H]1O. The molecule has 0 radical (unpaired) electrons. The van der Waals surface area contributed by atoms with Crippen LogP contribution in [0.15, 0.2) is 30.3 Å². The second kappa shape index (κ2) is 10.2. The van der Waals surface area contributed by atoms with Gasteiger partial charge in [0, 0.05) is 0 Å². The number of hydrogen-bond donors (Lipinski definition) is 6. The van der Waals surface area contributed by atoms with Crippen molar-refractivity contribution in [3.63, 3.8) is 0 Å². The number of benzene rings is 1. The maximum atomic E-state index is 10.5. The summed E-state index contributed by atoms with van der Waals surface area (Å²) in [5.41, 5.74) is 1.05. The Kier molecular flexibility index (Phi) is 7.93. The summed E-state index contributed by atoms with van der Waals surface area (Å²) in [7, 11) is 0. The van der Waals surface area contributed by atoms with E-state index in [2.05, 4.69) is 0 Å². The second-order valence-corrected chi connectivity index (χ2v) is 7.16. The summed E-state index contributed by atoms with van der Waals surface area (Å²) in [6.07, 6.45) is -11.8. The van der Waals surface area contributed by atoms with Crippen LogP contribution in [0.3, 0.4) is 0 Å². The lowest BCUT2D eigenvalue weighted by atomic mass is 9.98. The van der Waals surface area contributed by atoms with Crippen LogP contribution in [0.25, 0.3) is 0 Å². The van der Waals surface area contributed by atoms with Crippen LogP contribution in [-0.2, 0) is 25.4 Å². The quantitative estimate of drug-likeness (QED) is 0.281. The van der Waals surface area contributed by atoms with E-state index in [0.29, 0.717) is 6.42 Å². The van der Waals surface area contributed by atoms with Crippen LogP contribution < -0.4 is 0 Å². The Morgan fingerprint density at radius 1 is 0.897 bits per heavy atom. The molecule has 9 atom stereocenters. The van der Waals surface area contributed by atoms with Gasteiger partial charge in [-0.15, -0.1) is 0 Å². The van der Waals surface area contributed by atoms with Gasteiger partial charge in [0.15, 0.2) is 12.6 Å². The molecular formula is C19H28O10. The molecule has 1 aromatic rings. The van der Waals surface area contributed by atoms with Gasteiger partial charge in [0.25, 0.3) is 0 Å². The number of ether oxygens (including phenoxy) is 4. The first-order valence-corrected chi connectivity index (χ1v) is 9.51. The predicted molar refractivity (Wildman–Crippen MR) is 96.5 cm³/mol. The minimum atomic E-state index is -1.65. The highest BCUT2D eigenvalue weighted by molar-refractivity contribution is 5.14. The predicted octanol–water partition coefficient (Wildman–Crippen LogP) is -2.49. The Hall–Kier alpha value is -1.18. The largest absolute Gasteiger partial charge is 0.394 e. The maximum absolute atomic E-state index is 10.5. The van der Waals surface area contributed by atoms with Gasteiger partial charge in [-0.3, -0.25) is 0 Å². The van der Waals surface area contributed by atoms with E-state index in [4.69, 9.17) is 18.9 Å². The molecule has 0 unspecified atom stereocenters. The number of aliphatic hydroxyl groups excluding tert-OH is 6. The summed E-state index contributed by atoms with van der Waals surface area (Å²) < 4.78 is 21.7. The summed E-state index contributed by atoms with van der Waals surface area (Å²) >= 11 is 0. The Balaban J connectivity index is 1.57. The zero-order chi connectivity index (χ0) is 21.0. The molecule has 2 fully saturated rings. The fourth-order valence-corrected chi connectivity index (χ4v) is 3.36. The molecular weight excluding hydrogens is 388 g/mol. The van der Waals surface area contributed by atoms with E-state index >= 15 is 0 Å². The molecule has 2 heterocycles. The number of rotatable bonds is 7. The van der Waals surface area contributed by atoms with Gasteiger partial charge >= 0.3 is 0 Å². The summed E-state index contributed by atoms with van der Waals surface area (Å²) in [5, 5.41) is 59.7. The molecule has 0 aliphatic carbocycles. The second-order valence-electron chi connectivity index (χ2n) is 7.16. The van der Waals surface area contributed by atoms with Crippen LogP contribution in [-0.4, -0.2) is 106 Å². The first-order valence-electron chi connectivity index (χ1n) is 9.51. The van der Waals surface area contributed by atoms with Crippen molar-refractivity contribution in [2.24, 2.45) is 0 Å². The van der Waals surface area contributed by atoms with E-state index in [0.717, 1.165) is 5.56 Å². The fraction of sp³-hybridized carbons (Fsp3) is 0.684. The average molecular weight is 416 g/mol. The van der Waals surface area contributed by atoms with Gasteiger partial charge in [0.05, 0.1) is 19.8 Å². The first-order chi connectivity index (χ1) is 13.9. The van der Waals surface area contributed by atoms with Crippen LogP contribution in [0.2, 0.25) is 0 Å². The fourth-order valence-electron chi connectivity index (χ4n) is 3.36. The van der Waals surface area contributed by atoms with E-state index in [1.54, 1.807) is 0 Å². The van der Waals surface area contributed by atoms with Gasteiger partial charge in [0.2, 0.25) is 0 Å². The van der Waals surface area contributed by atoms with Crippen LogP contribution in [0.4, 0.5) is 0 Å². The highest BCUT2D eigenvalue weighted by Crippen LogP contribution is 2.27. The molecule has 2 aliphatic heterocycles. The van der Waals surface area contributed by atoms with Crippen LogP contribution in [0.5, 0.6) is 0 Å². The third-order valence-electron chi connectivity index (χ3n) is 5.08. The van der Waals surface area contributed by atoms with Crippen molar-refractivity contribution < 1.29 is 49.6 Å². The lowest BCUT2D eigenvalue weighted by Gasteiger charge is -2.44. The summed E-state index contributed by atoms with van der Waals surface area (Å²) in [6, 6.07) is 9.59. The normalized spacial score (nSPS) is 40.7. The molecule has 2 saturated heterocycles. The van der Waals surface area contributed by atoms with Gasteiger partial charge in [-0.1, -0.05) is 30.3 Å². The van der Waals surface area contributed by atoms with Crippen LogP contribution >= 0.6 is 0 Å². The number of hydrogen-bond acceptors (Lipinski definition) is 10. The molecule has 164 valence electrons. The Morgan fingerprint density at radius 3 is 2.31 bits per heavy atom. The van der Waals surface area contributed by atoms with Crippen LogP contribution in [0.1, 0.15) is 5.56 Å². The van der Waals surface area contributed by atoms with Crippen LogP contribution in [0, 0.1) is 0 Å². The van der Waals surface area contributed by atoms with Crippen molar-refractivity contribution in [1.82, 2.24) is 0 Å². The molecule has 0 aromatic heterocycles. The van der Waals surface area contributed by atoms with Crippen molar-refractivity contribution in [2.45, 2.75) is 61.7 Å². The molecule has 1 aromatic carbocycles. The average Bonchev–Trinajstić information content (AvgIpc) is 2.73. The van der Waals surface area contributed by atoms with E-state index in [1.807, 2.05) is 30.3 Å². The van der Waals surface area contributed by atoms with Gasteiger partial charge in [0.1, 0.15) is 42.7 Å². The Bertz CT molecular complexity index is 614. The van der Waals surface area contributed by atoms with Crippen molar-refractivity contribution in [1.29, 1.82) is 0 Å². The third kappa shape index (κ3) is 5.30. The highest BCUT2D eigenvalue weighted by atomic mass is 16.7. The van der Waals surface area contributed by atoms with Gasteiger partial charge in [-0.25, -0.2) is 0 Å². The lowest BCUT2D eigenvalue weighted by molar-refractivity contribution is -0.348. The lowest BCUT2D eigenvalue weighted by Crippen LogP contribution is -2.63. The molecule has 0 saturated carbocycles. The smallest absolute Gasteiger partial charge is 0.187 e. The summed E-state index contributed by atoms with van der Waals surface area (Å²) in [4.78, 5) is 0. The molecule has 2 aliphatic rings. The topological polar surface area (TPSA) is 158 Å².